The van der Waals surface area contributed by atoms with Crippen molar-refractivity contribution in [2.45, 2.75) is 19.3 Å². The number of rotatable bonds is 1. The molecule has 0 aromatic heterocycles. The largest absolute Gasteiger partial charge is 0.384 e. The zero-order valence-electron chi connectivity index (χ0n) is 6.43. The zero-order valence-corrected chi connectivity index (χ0v) is 6.43. The van der Waals surface area contributed by atoms with E-state index in [9.17, 15) is 0 Å². The van der Waals surface area contributed by atoms with Crippen LogP contribution in [0.3, 0.4) is 0 Å². The first-order valence-electron chi connectivity index (χ1n) is 4.05. The standard InChI is InChI=1S/C8H13N3/c9-8-4-7(5-10-11-8)6-2-1-3-6/h4-6,10-11H,1-3,9H2. The van der Waals surface area contributed by atoms with Crippen molar-refractivity contribution in [3.63, 3.8) is 0 Å². The summed E-state index contributed by atoms with van der Waals surface area (Å²) in [5, 5.41) is 0. The molecule has 4 N–H and O–H groups in total. The van der Waals surface area contributed by atoms with Crippen LogP contribution < -0.4 is 16.6 Å². The molecule has 1 aliphatic carbocycles. The maximum absolute atomic E-state index is 5.59. The van der Waals surface area contributed by atoms with Crippen LogP contribution in [0.2, 0.25) is 0 Å². The van der Waals surface area contributed by atoms with Gasteiger partial charge in [-0.2, -0.15) is 0 Å². The van der Waals surface area contributed by atoms with Crippen LogP contribution in [0.5, 0.6) is 0 Å². The normalized spacial score (nSPS) is 24.0. The Morgan fingerprint density at radius 1 is 1.45 bits per heavy atom. The van der Waals surface area contributed by atoms with Gasteiger partial charge >= 0.3 is 0 Å². The summed E-state index contributed by atoms with van der Waals surface area (Å²) in [5.41, 5.74) is 12.7. The molecule has 1 fully saturated rings. The van der Waals surface area contributed by atoms with Gasteiger partial charge in [0.2, 0.25) is 0 Å². The van der Waals surface area contributed by atoms with E-state index in [-0.39, 0.29) is 0 Å². The first-order chi connectivity index (χ1) is 5.36. The van der Waals surface area contributed by atoms with Gasteiger partial charge in [0.1, 0.15) is 5.82 Å². The van der Waals surface area contributed by atoms with Gasteiger partial charge in [0.15, 0.2) is 0 Å². The van der Waals surface area contributed by atoms with Crippen LogP contribution in [0, 0.1) is 5.92 Å². The van der Waals surface area contributed by atoms with E-state index in [1.807, 2.05) is 12.3 Å². The molecule has 0 amide bonds. The summed E-state index contributed by atoms with van der Waals surface area (Å²) < 4.78 is 0. The minimum Gasteiger partial charge on any atom is -0.384 e. The van der Waals surface area contributed by atoms with Crippen molar-refractivity contribution in [3.8, 4) is 0 Å². The lowest BCUT2D eigenvalue weighted by Crippen LogP contribution is -2.35. The molecule has 11 heavy (non-hydrogen) atoms. The van der Waals surface area contributed by atoms with E-state index >= 15 is 0 Å². The van der Waals surface area contributed by atoms with Crippen LogP contribution in [0.25, 0.3) is 0 Å². The Hall–Kier alpha value is -1.12. The zero-order chi connectivity index (χ0) is 7.68. The lowest BCUT2D eigenvalue weighted by atomic mass is 9.79. The average Bonchev–Trinajstić information content (AvgIpc) is 1.83. The third-order valence-electron chi connectivity index (χ3n) is 2.35. The molecule has 0 unspecified atom stereocenters. The monoisotopic (exact) mass is 151 g/mol. The second-order valence-electron chi connectivity index (χ2n) is 3.14. The molecule has 0 atom stereocenters. The van der Waals surface area contributed by atoms with Crippen molar-refractivity contribution in [1.29, 1.82) is 0 Å². The fourth-order valence-corrected chi connectivity index (χ4v) is 1.44. The summed E-state index contributed by atoms with van der Waals surface area (Å²) in [6.07, 6.45) is 8.01. The first kappa shape index (κ1) is 6.58. The highest BCUT2D eigenvalue weighted by Gasteiger charge is 2.21. The van der Waals surface area contributed by atoms with Crippen molar-refractivity contribution < 1.29 is 0 Å². The van der Waals surface area contributed by atoms with Crippen molar-refractivity contribution in [2.75, 3.05) is 0 Å². The van der Waals surface area contributed by atoms with E-state index < -0.39 is 0 Å². The molecule has 0 aromatic carbocycles. The Kier molecular flexibility index (Phi) is 1.49. The van der Waals surface area contributed by atoms with Crippen molar-refractivity contribution >= 4 is 0 Å². The van der Waals surface area contributed by atoms with Gasteiger partial charge in [-0.05, 0) is 30.4 Å². The number of hydrogen-bond donors (Lipinski definition) is 3. The van der Waals surface area contributed by atoms with Crippen LogP contribution >= 0.6 is 0 Å². The second kappa shape index (κ2) is 2.49. The molecule has 2 rings (SSSR count). The van der Waals surface area contributed by atoms with Crippen LogP contribution in [0.15, 0.2) is 23.7 Å². The van der Waals surface area contributed by atoms with Crippen molar-refractivity contribution in [1.82, 2.24) is 10.9 Å². The van der Waals surface area contributed by atoms with Gasteiger partial charge in [-0.15, -0.1) is 0 Å². The molecule has 1 aliphatic heterocycles. The van der Waals surface area contributed by atoms with Crippen LogP contribution in [0.1, 0.15) is 19.3 Å². The molecule has 0 aromatic rings. The highest BCUT2D eigenvalue weighted by molar-refractivity contribution is 5.27. The molecule has 0 radical (unpaired) electrons. The van der Waals surface area contributed by atoms with Crippen LogP contribution in [-0.2, 0) is 0 Å². The Labute approximate surface area is 66.3 Å². The number of nitrogens with one attached hydrogen (secondary N) is 2. The van der Waals surface area contributed by atoms with Gasteiger partial charge in [0.05, 0.1) is 0 Å². The van der Waals surface area contributed by atoms with Gasteiger partial charge < -0.3 is 11.2 Å². The summed E-state index contributed by atoms with van der Waals surface area (Å²) in [4.78, 5) is 0. The molecular formula is C8H13N3. The van der Waals surface area contributed by atoms with Gasteiger partial charge in [0.25, 0.3) is 0 Å². The van der Waals surface area contributed by atoms with Gasteiger partial charge in [-0.1, -0.05) is 6.42 Å². The predicted molar refractivity (Wildman–Crippen MR) is 44.0 cm³/mol. The molecule has 0 bridgehead atoms. The van der Waals surface area contributed by atoms with E-state index in [2.05, 4.69) is 10.9 Å². The van der Waals surface area contributed by atoms with E-state index in [0.29, 0.717) is 0 Å². The maximum Gasteiger partial charge on any atom is 0.115 e. The third-order valence-corrected chi connectivity index (χ3v) is 2.35. The number of hydrazine groups is 1. The molecule has 0 saturated heterocycles. The van der Waals surface area contributed by atoms with Crippen molar-refractivity contribution in [3.05, 3.63) is 23.7 Å². The maximum atomic E-state index is 5.59. The minimum atomic E-state index is 0.717. The Morgan fingerprint density at radius 3 is 2.82 bits per heavy atom. The molecule has 1 heterocycles. The third kappa shape index (κ3) is 1.18. The highest BCUT2D eigenvalue weighted by atomic mass is 15.4. The number of nitrogens with two attached hydrogens (primary N) is 1. The van der Waals surface area contributed by atoms with E-state index in [0.717, 1.165) is 11.7 Å². The van der Waals surface area contributed by atoms with Crippen LogP contribution in [-0.4, -0.2) is 0 Å². The van der Waals surface area contributed by atoms with Gasteiger partial charge in [0, 0.05) is 6.20 Å². The molecule has 0 spiro atoms. The molecule has 3 nitrogen and oxygen atoms in total. The smallest absolute Gasteiger partial charge is 0.115 e. The number of hydrogen-bond acceptors (Lipinski definition) is 3. The lowest BCUT2D eigenvalue weighted by molar-refractivity contribution is 0.369. The van der Waals surface area contributed by atoms with Gasteiger partial charge in [-0.25, -0.2) is 0 Å². The Balaban J connectivity index is 2.07. The summed E-state index contributed by atoms with van der Waals surface area (Å²) in [5.74, 6) is 1.47. The van der Waals surface area contributed by atoms with Crippen molar-refractivity contribution in [2.24, 2.45) is 11.7 Å². The van der Waals surface area contributed by atoms with Crippen LogP contribution in [0.4, 0.5) is 0 Å². The second-order valence-corrected chi connectivity index (χ2v) is 3.14. The predicted octanol–water partition coefficient (Wildman–Crippen LogP) is 0.578. The molecule has 1 saturated carbocycles. The first-order valence-corrected chi connectivity index (χ1v) is 4.05. The fourth-order valence-electron chi connectivity index (χ4n) is 1.44. The molecule has 60 valence electrons. The highest BCUT2D eigenvalue weighted by Crippen LogP contribution is 2.33. The lowest BCUT2D eigenvalue weighted by Gasteiger charge is -2.28. The summed E-state index contributed by atoms with van der Waals surface area (Å²) in [6, 6.07) is 0. The summed E-state index contributed by atoms with van der Waals surface area (Å²) in [6.45, 7) is 0. The molecular weight excluding hydrogens is 138 g/mol. The quantitative estimate of drug-likeness (QED) is 0.513. The fraction of sp³-hybridized carbons (Fsp3) is 0.500. The SMILES string of the molecule is NC1=CC(C2CCC2)=CNN1. The number of allylic oxidation sites excluding steroid dienone is 2. The average molecular weight is 151 g/mol. The van der Waals surface area contributed by atoms with E-state index in [1.54, 1.807) is 0 Å². The van der Waals surface area contributed by atoms with E-state index in [4.69, 9.17) is 5.73 Å². The Bertz CT molecular complexity index is 213. The van der Waals surface area contributed by atoms with E-state index in [1.165, 1.54) is 24.8 Å². The summed E-state index contributed by atoms with van der Waals surface area (Å²) >= 11 is 0. The van der Waals surface area contributed by atoms with Gasteiger partial charge in [-0.3, -0.25) is 5.43 Å². The molecule has 2 aliphatic rings. The molecule has 3 heteroatoms. The minimum absolute atomic E-state index is 0.717. The Morgan fingerprint density at radius 2 is 2.27 bits per heavy atom. The topological polar surface area (TPSA) is 50.1 Å². The summed E-state index contributed by atoms with van der Waals surface area (Å²) in [7, 11) is 0.